The second-order valence-electron chi connectivity index (χ2n) is 7.56. The molecule has 1 nitrogen and oxygen atoms in total. The second-order valence-corrected chi connectivity index (χ2v) is 7.56. The van der Waals surface area contributed by atoms with Gasteiger partial charge in [0.05, 0.1) is 0 Å². The van der Waals surface area contributed by atoms with Crippen molar-refractivity contribution in [2.45, 2.75) is 66.2 Å². The lowest BCUT2D eigenvalue weighted by Gasteiger charge is -2.45. The van der Waals surface area contributed by atoms with Crippen LogP contribution in [0.1, 0.15) is 66.2 Å². The van der Waals surface area contributed by atoms with Gasteiger partial charge in [-0.2, -0.15) is 0 Å². The van der Waals surface area contributed by atoms with Crippen molar-refractivity contribution in [1.29, 1.82) is 0 Å². The minimum absolute atomic E-state index is 0.522. The molecule has 0 spiro atoms. The normalized spacial score (nSPS) is 34.9. The van der Waals surface area contributed by atoms with Crippen molar-refractivity contribution in [2.24, 2.45) is 22.7 Å². The van der Waals surface area contributed by atoms with E-state index in [-0.39, 0.29) is 0 Å². The lowest BCUT2D eigenvalue weighted by molar-refractivity contribution is 0.0702. The van der Waals surface area contributed by atoms with Gasteiger partial charge in [-0.1, -0.05) is 27.7 Å². The highest BCUT2D eigenvalue weighted by Gasteiger charge is 2.47. The van der Waals surface area contributed by atoms with Gasteiger partial charge in [0.1, 0.15) is 0 Å². The summed E-state index contributed by atoms with van der Waals surface area (Å²) in [6.07, 6.45) is 8.90. The Bertz CT molecular complexity index is 239. The van der Waals surface area contributed by atoms with E-state index in [1.54, 1.807) is 0 Å². The van der Waals surface area contributed by atoms with Crippen LogP contribution in [0.3, 0.4) is 0 Å². The third-order valence-corrected chi connectivity index (χ3v) is 5.38. The zero-order valence-electron chi connectivity index (χ0n) is 12.3. The molecule has 2 aliphatic carbocycles. The molecule has 1 N–H and O–H groups in total. The number of rotatable bonds is 4. The molecule has 2 saturated carbocycles. The molecule has 0 atom stereocenters. The highest BCUT2D eigenvalue weighted by atomic mass is 14.9. The third-order valence-electron chi connectivity index (χ3n) is 5.38. The molecule has 0 aromatic carbocycles. The van der Waals surface area contributed by atoms with Gasteiger partial charge in [0.2, 0.25) is 0 Å². The quantitative estimate of drug-likeness (QED) is 0.771. The van der Waals surface area contributed by atoms with Crippen LogP contribution < -0.4 is 5.32 Å². The summed E-state index contributed by atoms with van der Waals surface area (Å²) in [6.45, 7) is 11.9. The largest absolute Gasteiger partial charge is 0.316 e. The van der Waals surface area contributed by atoms with Gasteiger partial charge in [-0.3, -0.25) is 0 Å². The Balaban J connectivity index is 1.93. The predicted octanol–water partition coefficient (Wildman–Crippen LogP) is 4.23. The van der Waals surface area contributed by atoms with Crippen LogP contribution in [-0.4, -0.2) is 13.1 Å². The average Bonchev–Trinajstić information content (AvgIpc) is 3.09. The summed E-state index contributed by atoms with van der Waals surface area (Å²) in [5.74, 6) is 2.01. The van der Waals surface area contributed by atoms with Crippen LogP contribution in [0.5, 0.6) is 0 Å². The molecular weight excluding hydrogens is 206 g/mol. The van der Waals surface area contributed by atoms with Gasteiger partial charge >= 0.3 is 0 Å². The molecule has 17 heavy (non-hydrogen) atoms. The molecule has 0 aromatic rings. The molecule has 2 aliphatic rings. The number of hydrogen-bond acceptors (Lipinski definition) is 1. The molecule has 0 aromatic heterocycles. The summed E-state index contributed by atoms with van der Waals surface area (Å²) in [4.78, 5) is 0. The van der Waals surface area contributed by atoms with E-state index in [2.05, 4.69) is 33.0 Å². The van der Waals surface area contributed by atoms with E-state index in [9.17, 15) is 0 Å². The standard InChI is InChI=1S/C16H31N/c1-5-17-12-16(14-6-7-14)10-8-13(9-11-16)15(2,3)4/h13-14,17H,5-12H2,1-4H3. The molecule has 1 heteroatoms. The molecule has 0 heterocycles. The molecule has 0 bridgehead atoms. The minimum Gasteiger partial charge on any atom is -0.316 e. The van der Waals surface area contributed by atoms with Crippen molar-refractivity contribution >= 4 is 0 Å². The summed E-state index contributed by atoms with van der Waals surface area (Å²) in [7, 11) is 0. The van der Waals surface area contributed by atoms with Gasteiger partial charge in [0.15, 0.2) is 0 Å². The Kier molecular flexibility index (Phi) is 3.87. The van der Waals surface area contributed by atoms with E-state index in [0.29, 0.717) is 10.8 Å². The molecule has 0 unspecified atom stereocenters. The van der Waals surface area contributed by atoms with Crippen LogP contribution >= 0.6 is 0 Å². The zero-order chi connectivity index (χ0) is 12.5. The Labute approximate surface area is 108 Å². The van der Waals surface area contributed by atoms with E-state index < -0.39 is 0 Å². The first-order valence-corrected chi connectivity index (χ1v) is 7.69. The minimum atomic E-state index is 0.522. The molecular formula is C16H31N. The van der Waals surface area contributed by atoms with Crippen LogP contribution in [0.25, 0.3) is 0 Å². The molecule has 100 valence electrons. The van der Waals surface area contributed by atoms with Crippen molar-refractivity contribution in [3.63, 3.8) is 0 Å². The van der Waals surface area contributed by atoms with E-state index in [1.165, 1.54) is 45.1 Å². The maximum atomic E-state index is 3.63. The van der Waals surface area contributed by atoms with Gasteiger partial charge in [0, 0.05) is 6.54 Å². The fourth-order valence-corrected chi connectivity index (χ4v) is 3.86. The van der Waals surface area contributed by atoms with E-state index >= 15 is 0 Å². The fraction of sp³-hybridized carbons (Fsp3) is 1.00. The molecule has 2 fully saturated rings. The first-order valence-electron chi connectivity index (χ1n) is 7.69. The number of hydrogen-bond donors (Lipinski definition) is 1. The first-order chi connectivity index (χ1) is 7.98. The van der Waals surface area contributed by atoms with Crippen LogP contribution in [-0.2, 0) is 0 Å². The Morgan fingerprint density at radius 2 is 1.65 bits per heavy atom. The van der Waals surface area contributed by atoms with Gasteiger partial charge in [-0.15, -0.1) is 0 Å². The SMILES string of the molecule is CCNCC1(C2CC2)CCC(C(C)(C)C)CC1. The molecule has 0 aliphatic heterocycles. The van der Waals surface area contributed by atoms with Gasteiger partial charge < -0.3 is 5.32 Å². The summed E-state index contributed by atoms with van der Waals surface area (Å²) in [5.41, 5.74) is 1.20. The number of nitrogens with one attached hydrogen (secondary N) is 1. The Morgan fingerprint density at radius 3 is 2.06 bits per heavy atom. The predicted molar refractivity (Wildman–Crippen MR) is 75.1 cm³/mol. The zero-order valence-corrected chi connectivity index (χ0v) is 12.3. The maximum Gasteiger partial charge on any atom is 0.00104 e. The molecule has 0 amide bonds. The topological polar surface area (TPSA) is 12.0 Å². The van der Waals surface area contributed by atoms with Crippen LogP contribution in [0.4, 0.5) is 0 Å². The first kappa shape index (κ1) is 13.4. The van der Waals surface area contributed by atoms with E-state index in [4.69, 9.17) is 0 Å². The summed E-state index contributed by atoms with van der Waals surface area (Å²) in [5, 5.41) is 3.63. The molecule has 0 saturated heterocycles. The van der Waals surface area contributed by atoms with Crippen molar-refractivity contribution in [2.75, 3.05) is 13.1 Å². The van der Waals surface area contributed by atoms with Gasteiger partial charge in [-0.05, 0) is 67.7 Å². The van der Waals surface area contributed by atoms with Gasteiger partial charge in [-0.25, -0.2) is 0 Å². The smallest absolute Gasteiger partial charge is 0.00104 e. The second kappa shape index (κ2) is 4.91. The van der Waals surface area contributed by atoms with Crippen molar-refractivity contribution in [1.82, 2.24) is 5.32 Å². The van der Waals surface area contributed by atoms with Crippen molar-refractivity contribution in [3.8, 4) is 0 Å². The Hall–Kier alpha value is -0.0400. The van der Waals surface area contributed by atoms with Gasteiger partial charge in [0.25, 0.3) is 0 Å². The Morgan fingerprint density at radius 1 is 1.06 bits per heavy atom. The van der Waals surface area contributed by atoms with Crippen molar-refractivity contribution in [3.05, 3.63) is 0 Å². The lowest BCUT2D eigenvalue weighted by Crippen LogP contribution is -2.41. The lowest BCUT2D eigenvalue weighted by atomic mass is 9.62. The van der Waals surface area contributed by atoms with Crippen LogP contribution in [0.15, 0.2) is 0 Å². The van der Waals surface area contributed by atoms with Crippen LogP contribution in [0.2, 0.25) is 0 Å². The highest BCUT2D eigenvalue weighted by Crippen LogP contribution is 2.56. The summed E-state index contributed by atoms with van der Waals surface area (Å²) in [6, 6.07) is 0. The summed E-state index contributed by atoms with van der Waals surface area (Å²) >= 11 is 0. The summed E-state index contributed by atoms with van der Waals surface area (Å²) < 4.78 is 0. The highest BCUT2D eigenvalue weighted by molar-refractivity contribution is 4.99. The van der Waals surface area contributed by atoms with Crippen molar-refractivity contribution < 1.29 is 0 Å². The van der Waals surface area contributed by atoms with E-state index in [1.807, 2.05) is 0 Å². The van der Waals surface area contributed by atoms with E-state index in [0.717, 1.165) is 18.4 Å². The average molecular weight is 237 g/mol. The van der Waals surface area contributed by atoms with Crippen LogP contribution in [0, 0.1) is 22.7 Å². The molecule has 2 rings (SSSR count). The monoisotopic (exact) mass is 237 g/mol. The maximum absolute atomic E-state index is 3.63. The molecule has 0 radical (unpaired) electrons. The fourth-order valence-electron chi connectivity index (χ4n) is 3.86. The third kappa shape index (κ3) is 3.05.